The first-order valence-electron chi connectivity index (χ1n) is 20.1. The molecular weight excluding hydrogens is 793 g/mol. The Labute approximate surface area is 349 Å². The van der Waals surface area contributed by atoms with E-state index in [1.807, 2.05) is 57.5 Å². The van der Waals surface area contributed by atoms with Crippen LogP contribution in [-0.4, -0.2) is 84.1 Å². The van der Waals surface area contributed by atoms with Crippen molar-refractivity contribution in [2.75, 3.05) is 26.2 Å². The fourth-order valence-electron chi connectivity index (χ4n) is 8.63. The Morgan fingerprint density at radius 3 is 2.48 bits per heavy atom. The maximum absolute atomic E-state index is 14.2. The van der Waals surface area contributed by atoms with Gasteiger partial charge < -0.3 is 24.8 Å². The summed E-state index contributed by atoms with van der Waals surface area (Å²) in [6.07, 6.45) is 1.02. The highest BCUT2D eigenvalue weighted by molar-refractivity contribution is 7.13. The van der Waals surface area contributed by atoms with Gasteiger partial charge in [0.1, 0.15) is 18.1 Å². The summed E-state index contributed by atoms with van der Waals surface area (Å²) in [6, 6.07) is 17.7. The van der Waals surface area contributed by atoms with Gasteiger partial charge in [-0.25, -0.2) is 4.98 Å². The molecule has 4 aromatic heterocycles. The van der Waals surface area contributed by atoms with Crippen molar-refractivity contribution in [2.24, 2.45) is 17.8 Å². The van der Waals surface area contributed by atoms with Gasteiger partial charge in [0.15, 0.2) is 11.4 Å². The molecule has 3 N–H and O–H groups in total. The quantitative estimate of drug-likeness (QED) is 0.0928. The number of amides is 1. The normalized spacial score (nSPS) is 19.5. The van der Waals surface area contributed by atoms with E-state index in [4.69, 9.17) is 9.26 Å². The number of carbonyl (C=O) groups is 2. The summed E-state index contributed by atoms with van der Waals surface area (Å²) in [5, 5.41) is 37.0. The van der Waals surface area contributed by atoms with Crippen molar-refractivity contribution in [3.63, 3.8) is 0 Å². The van der Waals surface area contributed by atoms with Gasteiger partial charge in [-0.2, -0.15) is 8.78 Å². The number of ketones is 1. The largest absolute Gasteiger partial charge is 0.507 e. The lowest BCUT2D eigenvalue weighted by molar-refractivity contribution is -0.134. The molecule has 1 unspecified atom stereocenters. The maximum atomic E-state index is 14.2. The monoisotopic (exact) mass is 839 g/mol. The van der Waals surface area contributed by atoms with Crippen molar-refractivity contribution in [3.8, 4) is 33.3 Å². The zero-order valence-corrected chi connectivity index (χ0v) is 34.5. The van der Waals surface area contributed by atoms with Crippen LogP contribution in [0.3, 0.4) is 0 Å². The molecule has 8 rings (SSSR count). The van der Waals surface area contributed by atoms with Gasteiger partial charge in [0.2, 0.25) is 5.91 Å². The van der Waals surface area contributed by atoms with Gasteiger partial charge in [0, 0.05) is 54.7 Å². The van der Waals surface area contributed by atoms with Gasteiger partial charge in [-0.1, -0.05) is 50.2 Å². The third-order valence-corrected chi connectivity index (χ3v) is 12.8. The number of halogens is 2. The Balaban J connectivity index is 0.868. The van der Waals surface area contributed by atoms with Gasteiger partial charge in [-0.3, -0.25) is 19.1 Å². The second-order valence-corrected chi connectivity index (χ2v) is 17.1. The van der Waals surface area contributed by atoms with Crippen LogP contribution in [0.5, 0.6) is 11.6 Å². The molecule has 6 aromatic rings. The zero-order valence-electron chi connectivity index (χ0n) is 33.7. The lowest BCUT2D eigenvalue weighted by atomic mass is 9.79. The van der Waals surface area contributed by atoms with Crippen LogP contribution in [0.1, 0.15) is 80.6 Å². The highest BCUT2D eigenvalue weighted by Gasteiger charge is 2.46. The van der Waals surface area contributed by atoms with Crippen molar-refractivity contribution in [3.05, 3.63) is 95.0 Å². The molecule has 2 fully saturated rings. The number of aromatic hydroxyl groups is 1. The molecule has 1 amide bonds. The summed E-state index contributed by atoms with van der Waals surface area (Å²) in [5.41, 5.74) is 6.44. The first kappa shape index (κ1) is 41.2. The molecule has 5 atom stereocenters. The third-order valence-electron chi connectivity index (χ3n) is 11.9. The van der Waals surface area contributed by atoms with Crippen LogP contribution in [-0.2, 0) is 9.59 Å². The van der Waals surface area contributed by atoms with Crippen LogP contribution in [0.2, 0.25) is 0 Å². The number of ether oxygens (including phenoxy) is 1. The molecule has 16 heteroatoms. The summed E-state index contributed by atoms with van der Waals surface area (Å²) >= 11 is 1.58. The molecule has 314 valence electrons. The minimum absolute atomic E-state index is 0.0234. The van der Waals surface area contributed by atoms with Crippen molar-refractivity contribution in [1.29, 1.82) is 0 Å². The smallest absolute Gasteiger partial charge is 0.320 e. The number of rotatable bonds is 15. The number of aliphatic hydroxyl groups is 1. The SMILES string of the molecule is Cc1ncsc1-c1ccc([C@H](C)NC(=O)[C@@H]2C[C@@H](O)CC2C(=O)[C@@H](c2cc(OCCN3CC(c4cn(C(F)F)c5nnc(-c6ccccc6O)cc45)C3)no2)C(C)C)cc1. The van der Waals surface area contributed by atoms with E-state index in [0.29, 0.717) is 42.0 Å². The van der Waals surface area contributed by atoms with E-state index >= 15 is 0 Å². The molecule has 0 radical (unpaired) electrons. The lowest BCUT2D eigenvalue weighted by Gasteiger charge is -2.39. The van der Waals surface area contributed by atoms with Gasteiger partial charge in [-0.15, -0.1) is 21.5 Å². The minimum atomic E-state index is -2.79. The Hall–Kier alpha value is -5.58. The van der Waals surface area contributed by atoms with Crippen molar-refractivity contribution in [1.82, 2.24) is 35.1 Å². The Morgan fingerprint density at radius 2 is 1.78 bits per heavy atom. The number of alkyl halides is 2. The number of carbonyl (C=O) groups excluding carboxylic acids is 2. The number of nitrogens with one attached hydrogen (secondary N) is 1. The zero-order chi connectivity index (χ0) is 42.2. The summed E-state index contributed by atoms with van der Waals surface area (Å²) in [7, 11) is 0. The van der Waals surface area contributed by atoms with Crippen LogP contribution in [0.15, 0.2) is 76.9 Å². The standard InChI is InChI=1S/C44H47F2N7O6S/c1-23(2)39(40(56)31-15-29(54)16-33(31)43(57)48-24(3)26-9-11-27(12-10-26)41-25(4)47-22-60-41)37-18-38(51-59-37)58-14-13-52-19-28(20-52)34-21-53(44(45)46)42-32(34)17-35(49-50-42)30-7-5-6-8-36(30)55/h5-12,17-18,21-24,28-29,31,33,39,44,54-55H,13-16,19-20H2,1-4H3,(H,48,57)/t24-,29-,31?,33+,39+/m0/s1. The number of aliphatic hydroxyl groups excluding tert-OH is 1. The molecule has 1 aliphatic carbocycles. The summed E-state index contributed by atoms with van der Waals surface area (Å²) in [4.78, 5) is 35.5. The van der Waals surface area contributed by atoms with Gasteiger partial charge >= 0.3 is 6.55 Å². The number of thiazole rings is 1. The molecular formula is C44H47F2N7O6S. The summed E-state index contributed by atoms with van der Waals surface area (Å²) in [6.45, 7) is 6.91. The van der Waals surface area contributed by atoms with Crippen LogP contribution in [0, 0.1) is 24.7 Å². The van der Waals surface area contributed by atoms with Gasteiger partial charge in [0.25, 0.3) is 5.88 Å². The van der Waals surface area contributed by atoms with Crippen LogP contribution >= 0.6 is 11.3 Å². The fourth-order valence-corrected chi connectivity index (χ4v) is 9.44. The maximum Gasteiger partial charge on any atom is 0.320 e. The van der Waals surface area contributed by atoms with Crippen LogP contribution < -0.4 is 10.1 Å². The topological polar surface area (TPSA) is 169 Å². The number of phenolic OH excluding ortho intramolecular Hbond substituents is 1. The number of likely N-dealkylation sites (tertiary alicyclic amines) is 1. The Morgan fingerprint density at radius 1 is 1.03 bits per heavy atom. The van der Waals surface area contributed by atoms with E-state index in [1.165, 1.54) is 12.3 Å². The molecule has 1 saturated heterocycles. The number of Topliss-reactive ketones (excluding diaryl/α,β-unsaturated/α-hetero) is 1. The number of para-hydroxylation sites is 1. The van der Waals surface area contributed by atoms with Crippen molar-refractivity contribution in [2.45, 2.75) is 71.1 Å². The summed E-state index contributed by atoms with van der Waals surface area (Å²) < 4.78 is 40.4. The predicted octanol–water partition coefficient (Wildman–Crippen LogP) is 7.67. The van der Waals surface area contributed by atoms with E-state index in [-0.39, 0.29) is 66.3 Å². The van der Waals surface area contributed by atoms with Crippen molar-refractivity contribution < 1.29 is 37.8 Å². The molecule has 0 spiro atoms. The molecule has 0 bridgehead atoms. The number of hydrogen-bond acceptors (Lipinski definition) is 12. The second kappa shape index (κ2) is 17.2. The highest BCUT2D eigenvalue weighted by Crippen LogP contribution is 2.41. The highest BCUT2D eigenvalue weighted by atomic mass is 32.1. The van der Waals surface area contributed by atoms with E-state index in [0.717, 1.165) is 31.8 Å². The van der Waals surface area contributed by atoms with Crippen LogP contribution in [0.4, 0.5) is 8.78 Å². The number of nitrogens with zero attached hydrogens (tertiary/aromatic N) is 6. The first-order chi connectivity index (χ1) is 28.9. The number of aryl methyl sites for hydroxylation is 1. The predicted molar refractivity (Wildman–Crippen MR) is 221 cm³/mol. The molecule has 13 nitrogen and oxygen atoms in total. The molecule has 1 aliphatic heterocycles. The molecule has 2 aromatic carbocycles. The number of benzene rings is 2. The van der Waals surface area contributed by atoms with Gasteiger partial charge in [-0.05, 0) is 72.7 Å². The van der Waals surface area contributed by atoms with E-state index < -0.39 is 30.4 Å². The van der Waals surface area contributed by atoms with E-state index in [1.54, 1.807) is 41.7 Å². The minimum Gasteiger partial charge on any atom is -0.507 e. The number of phenols is 1. The van der Waals surface area contributed by atoms with E-state index in [9.17, 15) is 28.6 Å². The van der Waals surface area contributed by atoms with Gasteiger partial charge in [0.05, 0.1) is 45.8 Å². The average Bonchev–Trinajstić information content (AvgIpc) is 4.02. The summed E-state index contributed by atoms with van der Waals surface area (Å²) in [5.74, 6) is -2.20. The average molecular weight is 840 g/mol. The molecule has 2 aliphatic rings. The van der Waals surface area contributed by atoms with Crippen LogP contribution in [0.25, 0.3) is 32.7 Å². The lowest BCUT2D eigenvalue weighted by Crippen LogP contribution is -2.46. The van der Waals surface area contributed by atoms with E-state index in [2.05, 4.69) is 30.6 Å². The number of fused-ring (bicyclic) bond motifs is 1. The molecule has 5 heterocycles. The second-order valence-electron chi connectivity index (χ2n) is 16.2. The Bertz CT molecular complexity index is 2480. The number of aromatic nitrogens is 5. The molecule has 60 heavy (non-hydrogen) atoms. The fraction of sp³-hybridized carbons (Fsp3) is 0.409. The van der Waals surface area contributed by atoms with Crippen molar-refractivity contribution >= 4 is 34.1 Å². The first-order valence-corrected chi connectivity index (χ1v) is 21.0. The number of hydrogen-bond donors (Lipinski definition) is 3. The molecule has 1 saturated carbocycles. The Kier molecular flexibility index (Phi) is 11.8. The third kappa shape index (κ3) is 8.27.